The van der Waals surface area contributed by atoms with E-state index in [1.807, 2.05) is 0 Å². The lowest BCUT2D eigenvalue weighted by atomic mass is 10.1. The normalized spacial score (nSPS) is 12.0. The number of hydrogen-bond acceptors (Lipinski definition) is 4. The minimum absolute atomic E-state index is 0.0516. The van der Waals surface area contributed by atoms with Gasteiger partial charge in [0.15, 0.2) is 0 Å². The third-order valence-electron chi connectivity index (χ3n) is 6.29. The van der Waals surface area contributed by atoms with Crippen LogP contribution in [0.4, 0.5) is 0 Å². The van der Waals surface area contributed by atoms with E-state index in [1.165, 1.54) is 127 Å². The van der Waals surface area contributed by atoms with Crippen molar-refractivity contribution in [3.8, 4) is 0 Å². The molecule has 0 unspecified atom stereocenters. The molecule has 0 atom stereocenters. The fourth-order valence-electron chi connectivity index (χ4n) is 4.12. The Kier molecular flexibility index (Phi) is 28.3. The summed E-state index contributed by atoms with van der Waals surface area (Å²) in [4.78, 5) is 17.6. The van der Waals surface area contributed by atoms with Gasteiger partial charge in [-0.3, -0.25) is 4.57 Å². The first-order chi connectivity index (χ1) is 16.6. The summed E-state index contributed by atoms with van der Waals surface area (Å²) in [6.07, 6.45) is 24.1. The van der Waals surface area contributed by atoms with Gasteiger partial charge in [-0.05, 0) is 76.2 Å². The number of hydrogen-bond donors (Lipinski definition) is 4. The second-order valence-electron chi connectivity index (χ2n) is 9.86. The van der Waals surface area contributed by atoms with Gasteiger partial charge >= 0.3 is 7.60 Å². The van der Waals surface area contributed by atoms with Crippen LogP contribution in [-0.4, -0.2) is 53.6 Å². The molecule has 4 N–H and O–H groups in total. The van der Waals surface area contributed by atoms with Crippen molar-refractivity contribution in [1.29, 1.82) is 0 Å². The summed E-state index contributed by atoms with van der Waals surface area (Å²) in [6, 6.07) is 0. The van der Waals surface area contributed by atoms with E-state index in [4.69, 9.17) is 9.79 Å². The van der Waals surface area contributed by atoms with E-state index < -0.39 is 7.60 Å². The van der Waals surface area contributed by atoms with Gasteiger partial charge in [0, 0.05) is 6.16 Å². The SMILES string of the molecule is CCCCCCCCNCCCCCSCCCNCCCCCCCCCCCP(=O)(O)O. The van der Waals surface area contributed by atoms with Crippen LogP contribution in [-0.2, 0) is 4.57 Å². The van der Waals surface area contributed by atoms with Crippen LogP contribution in [0.3, 0.4) is 0 Å². The van der Waals surface area contributed by atoms with Crippen LogP contribution in [0.5, 0.6) is 0 Å². The van der Waals surface area contributed by atoms with Crippen LogP contribution < -0.4 is 10.6 Å². The second kappa shape index (κ2) is 28.0. The molecule has 5 nitrogen and oxygen atoms in total. The fourth-order valence-corrected chi connectivity index (χ4v) is 5.71. The molecule has 0 aromatic heterocycles. The number of thioether (sulfide) groups is 1. The summed E-state index contributed by atoms with van der Waals surface area (Å²) < 4.78 is 10.8. The highest BCUT2D eigenvalue weighted by Crippen LogP contribution is 2.35. The molecule has 0 heterocycles. The van der Waals surface area contributed by atoms with Crippen molar-refractivity contribution in [1.82, 2.24) is 10.6 Å². The maximum Gasteiger partial charge on any atom is 0.325 e. The smallest absolute Gasteiger partial charge is 0.324 e. The molecule has 0 aromatic rings. The Morgan fingerprint density at radius 3 is 1.41 bits per heavy atom. The van der Waals surface area contributed by atoms with E-state index in [1.54, 1.807) is 0 Å². The van der Waals surface area contributed by atoms with Gasteiger partial charge in [-0.15, -0.1) is 0 Å². The molecule has 0 aromatic carbocycles. The highest BCUT2D eigenvalue weighted by atomic mass is 32.2. The van der Waals surface area contributed by atoms with Crippen LogP contribution in [0.15, 0.2) is 0 Å². The predicted octanol–water partition coefficient (Wildman–Crippen LogP) is 7.51. The van der Waals surface area contributed by atoms with Crippen LogP contribution in [0.2, 0.25) is 0 Å². The van der Waals surface area contributed by atoms with Crippen LogP contribution >= 0.6 is 19.4 Å². The van der Waals surface area contributed by atoms with Gasteiger partial charge in [0.05, 0.1) is 0 Å². The van der Waals surface area contributed by atoms with Crippen molar-refractivity contribution < 1.29 is 14.4 Å². The molecule has 0 spiro atoms. The quantitative estimate of drug-likeness (QED) is 0.0601. The van der Waals surface area contributed by atoms with Crippen molar-refractivity contribution in [2.75, 3.05) is 43.8 Å². The molecule has 0 aliphatic carbocycles. The van der Waals surface area contributed by atoms with E-state index in [0.717, 1.165) is 25.9 Å². The average molecular weight is 523 g/mol. The lowest BCUT2D eigenvalue weighted by Gasteiger charge is -2.06. The second-order valence-corrected chi connectivity index (χ2v) is 12.9. The summed E-state index contributed by atoms with van der Waals surface area (Å²) in [5.74, 6) is 2.61. The van der Waals surface area contributed by atoms with Crippen molar-refractivity contribution in [3.05, 3.63) is 0 Å². The summed E-state index contributed by atoms with van der Waals surface area (Å²) >= 11 is 2.12. The Morgan fingerprint density at radius 1 is 0.529 bits per heavy atom. The van der Waals surface area contributed by atoms with Crippen molar-refractivity contribution in [3.63, 3.8) is 0 Å². The summed E-state index contributed by atoms with van der Waals surface area (Å²) in [5, 5.41) is 7.19. The number of nitrogens with one attached hydrogen (secondary N) is 2. The molecule has 0 saturated heterocycles. The monoisotopic (exact) mass is 522 g/mol. The van der Waals surface area contributed by atoms with Gasteiger partial charge in [0.2, 0.25) is 0 Å². The van der Waals surface area contributed by atoms with Crippen molar-refractivity contribution in [2.45, 2.75) is 129 Å². The first kappa shape index (κ1) is 34.4. The zero-order chi connectivity index (χ0) is 25.0. The lowest BCUT2D eigenvalue weighted by Crippen LogP contribution is -2.17. The minimum atomic E-state index is -3.78. The molecule has 0 bridgehead atoms. The Hall–Kier alpha value is 0.420. The Bertz CT molecular complexity index is 438. The van der Waals surface area contributed by atoms with Gasteiger partial charge < -0.3 is 20.4 Å². The molecule has 0 aliphatic heterocycles. The molecular formula is C27H59N2O3PS. The first-order valence-corrected chi connectivity index (χ1v) is 17.5. The third kappa shape index (κ3) is 32.4. The zero-order valence-corrected chi connectivity index (χ0v) is 24.3. The summed E-state index contributed by atoms with van der Waals surface area (Å²) in [6.45, 7) is 6.99. The molecule has 0 amide bonds. The number of rotatable bonds is 29. The summed E-state index contributed by atoms with van der Waals surface area (Å²) in [7, 11) is -3.78. The van der Waals surface area contributed by atoms with E-state index in [2.05, 4.69) is 29.3 Å². The van der Waals surface area contributed by atoms with Gasteiger partial charge in [0.25, 0.3) is 0 Å². The molecule has 0 rings (SSSR count). The highest BCUT2D eigenvalue weighted by molar-refractivity contribution is 7.99. The molecule has 0 radical (unpaired) electrons. The Morgan fingerprint density at radius 2 is 0.912 bits per heavy atom. The minimum Gasteiger partial charge on any atom is -0.324 e. The molecule has 0 fully saturated rings. The van der Waals surface area contributed by atoms with Crippen molar-refractivity contribution >= 4 is 19.4 Å². The fraction of sp³-hybridized carbons (Fsp3) is 1.00. The lowest BCUT2D eigenvalue weighted by molar-refractivity contribution is 0.370. The zero-order valence-electron chi connectivity index (χ0n) is 22.5. The maximum absolute atomic E-state index is 10.8. The largest absolute Gasteiger partial charge is 0.325 e. The van der Waals surface area contributed by atoms with Crippen LogP contribution in [0.1, 0.15) is 129 Å². The van der Waals surface area contributed by atoms with Gasteiger partial charge in [-0.2, -0.15) is 11.8 Å². The van der Waals surface area contributed by atoms with Gasteiger partial charge in [-0.25, -0.2) is 0 Å². The molecule has 0 saturated carbocycles. The molecular weight excluding hydrogens is 463 g/mol. The summed E-state index contributed by atoms with van der Waals surface area (Å²) in [5.41, 5.74) is 0. The molecule has 34 heavy (non-hydrogen) atoms. The first-order valence-electron chi connectivity index (χ1n) is 14.6. The maximum atomic E-state index is 10.8. The Balaban J connectivity index is 3.03. The highest BCUT2D eigenvalue weighted by Gasteiger charge is 2.10. The van der Waals surface area contributed by atoms with Gasteiger partial charge in [-0.1, -0.05) is 90.4 Å². The standard InChI is InChI=1S/C27H59N2O3PS/c1-2-3-4-5-11-15-21-28-23-17-14-19-26-34-27-20-24-29-22-16-12-9-7-6-8-10-13-18-25-33(30,31)32/h28-29H,2-27H2,1H3,(H2,30,31,32). The van der Waals surface area contributed by atoms with E-state index in [0.29, 0.717) is 6.42 Å². The third-order valence-corrected chi connectivity index (χ3v) is 8.35. The molecule has 7 heteroatoms. The number of unbranched alkanes of at least 4 members (excludes halogenated alkanes) is 15. The average Bonchev–Trinajstić information content (AvgIpc) is 2.80. The van der Waals surface area contributed by atoms with Crippen LogP contribution in [0.25, 0.3) is 0 Å². The van der Waals surface area contributed by atoms with Crippen molar-refractivity contribution in [2.24, 2.45) is 0 Å². The van der Waals surface area contributed by atoms with E-state index >= 15 is 0 Å². The topological polar surface area (TPSA) is 81.6 Å². The molecule has 206 valence electrons. The van der Waals surface area contributed by atoms with Crippen LogP contribution in [0, 0.1) is 0 Å². The van der Waals surface area contributed by atoms with Gasteiger partial charge in [0.1, 0.15) is 0 Å². The molecule has 0 aliphatic rings. The van der Waals surface area contributed by atoms with E-state index in [9.17, 15) is 4.57 Å². The Labute approximate surface area is 217 Å². The van der Waals surface area contributed by atoms with E-state index in [-0.39, 0.29) is 6.16 Å². The predicted molar refractivity (Wildman–Crippen MR) is 153 cm³/mol.